The van der Waals surface area contributed by atoms with E-state index in [9.17, 15) is 0 Å². The third kappa shape index (κ3) is 2.02. The van der Waals surface area contributed by atoms with Crippen LogP contribution in [0.1, 0.15) is 17.6 Å². The smallest absolute Gasteiger partial charge is 0.147 e. The van der Waals surface area contributed by atoms with E-state index < -0.39 is 0 Å². The Balaban J connectivity index is 2.14. The maximum Gasteiger partial charge on any atom is 0.147 e. The van der Waals surface area contributed by atoms with Crippen molar-refractivity contribution in [2.24, 2.45) is 0 Å². The van der Waals surface area contributed by atoms with Gasteiger partial charge in [-0.05, 0) is 13.0 Å². The number of nitrogens with one attached hydrogen (secondary N) is 1. The molecule has 1 saturated heterocycles. The van der Waals surface area contributed by atoms with Gasteiger partial charge in [0.05, 0.1) is 19.3 Å². The van der Waals surface area contributed by atoms with Gasteiger partial charge < -0.3 is 10.1 Å². The molecule has 1 aliphatic rings. The molecule has 1 unspecified atom stereocenters. The third-order valence-corrected chi connectivity index (χ3v) is 2.05. The minimum absolute atomic E-state index is 0.161. The van der Waals surface area contributed by atoms with Crippen molar-refractivity contribution in [3.05, 3.63) is 23.8 Å². The van der Waals surface area contributed by atoms with Crippen LogP contribution in [0.15, 0.2) is 12.3 Å². The molecule has 0 radical (unpaired) electrons. The van der Waals surface area contributed by atoms with E-state index in [-0.39, 0.29) is 6.04 Å². The summed E-state index contributed by atoms with van der Waals surface area (Å²) in [4.78, 5) is 8.55. The molecule has 0 spiro atoms. The van der Waals surface area contributed by atoms with Gasteiger partial charge in [-0.1, -0.05) is 0 Å². The minimum Gasteiger partial charge on any atom is -0.378 e. The van der Waals surface area contributed by atoms with Crippen molar-refractivity contribution in [3.8, 4) is 0 Å². The number of nitrogens with zero attached hydrogens (tertiary/aromatic N) is 2. The Hall–Kier alpha value is -1.00. The van der Waals surface area contributed by atoms with Gasteiger partial charge in [0.25, 0.3) is 0 Å². The highest BCUT2D eigenvalue weighted by Crippen LogP contribution is 2.10. The molecule has 0 saturated carbocycles. The molecule has 2 heterocycles. The Labute approximate surface area is 77.4 Å². The molecule has 4 nitrogen and oxygen atoms in total. The first-order valence-electron chi connectivity index (χ1n) is 4.47. The lowest BCUT2D eigenvalue weighted by molar-refractivity contribution is 0.0741. The average molecular weight is 179 g/mol. The molecule has 0 aromatic carbocycles. The fourth-order valence-electron chi connectivity index (χ4n) is 1.37. The highest BCUT2D eigenvalue weighted by molar-refractivity contribution is 5.03. The fourth-order valence-corrected chi connectivity index (χ4v) is 1.37. The molecular weight excluding hydrogens is 166 g/mol. The van der Waals surface area contributed by atoms with Crippen LogP contribution in [0, 0.1) is 6.92 Å². The van der Waals surface area contributed by atoms with Gasteiger partial charge in [0.15, 0.2) is 0 Å². The first-order chi connectivity index (χ1) is 6.36. The number of hydrogen-bond donors (Lipinski definition) is 1. The number of rotatable bonds is 1. The normalized spacial score (nSPS) is 23.0. The molecule has 70 valence electrons. The molecular formula is C9H13N3O. The van der Waals surface area contributed by atoms with Crippen molar-refractivity contribution in [2.45, 2.75) is 13.0 Å². The van der Waals surface area contributed by atoms with Crippen molar-refractivity contribution >= 4 is 0 Å². The summed E-state index contributed by atoms with van der Waals surface area (Å²) in [6.45, 7) is 4.29. The van der Waals surface area contributed by atoms with Crippen LogP contribution in [0.2, 0.25) is 0 Å². The maximum atomic E-state index is 5.33. The van der Waals surface area contributed by atoms with Crippen molar-refractivity contribution in [3.63, 3.8) is 0 Å². The van der Waals surface area contributed by atoms with Gasteiger partial charge in [0.1, 0.15) is 5.82 Å². The van der Waals surface area contributed by atoms with Crippen molar-refractivity contribution < 1.29 is 4.74 Å². The zero-order valence-corrected chi connectivity index (χ0v) is 7.66. The molecule has 4 heteroatoms. The van der Waals surface area contributed by atoms with E-state index in [0.717, 1.165) is 24.7 Å². The van der Waals surface area contributed by atoms with E-state index in [2.05, 4.69) is 15.3 Å². The molecule has 0 amide bonds. The quantitative estimate of drug-likeness (QED) is 0.679. The topological polar surface area (TPSA) is 47.0 Å². The molecule has 1 atom stereocenters. The summed E-state index contributed by atoms with van der Waals surface area (Å²) in [6.07, 6.45) is 1.79. The van der Waals surface area contributed by atoms with Crippen LogP contribution in [0.3, 0.4) is 0 Å². The van der Waals surface area contributed by atoms with Gasteiger partial charge in [-0.3, -0.25) is 0 Å². The number of ether oxygens (including phenoxy) is 1. The Kier molecular flexibility index (Phi) is 2.52. The maximum absolute atomic E-state index is 5.33. The second kappa shape index (κ2) is 3.81. The van der Waals surface area contributed by atoms with Crippen molar-refractivity contribution in [2.75, 3.05) is 19.8 Å². The van der Waals surface area contributed by atoms with Gasteiger partial charge >= 0.3 is 0 Å². The van der Waals surface area contributed by atoms with E-state index in [1.54, 1.807) is 6.20 Å². The van der Waals surface area contributed by atoms with Crippen molar-refractivity contribution in [1.82, 2.24) is 15.3 Å². The summed E-state index contributed by atoms with van der Waals surface area (Å²) in [5.74, 6) is 0.833. The molecule has 0 aliphatic carbocycles. The van der Waals surface area contributed by atoms with Gasteiger partial charge in [0.2, 0.25) is 0 Å². The summed E-state index contributed by atoms with van der Waals surface area (Å²) in [5, 5.41) is 3.31. The Bertz CT molecular complexity index is 284. The highest BCUT2D eigenvalue weighted by atomic mass is 16.5. The lowest BCUT2D eigenvalue weighted by atomic mass is 10.2. The van der Waals surface area contributed by atoms with Crippen LogP contribution in [0.25, 0.3) is 0 Å². The van der Waals surface area contributed by atoms with Crippen LogP contribution >= 0.6 is 0 Å². The summed E-state index contributed by atoms with van der Waals surface area (Å²) in [7, 11) is 0. The van der Waals surface area contributed by atoms with Gasteiger partial charge in [-0.25, -0.2) is 9.97 Å². The first kappa shape index (κ1) is 8.59. The molecule has 2 rings (SSSR count). The van der Waals surface area contributed by atoms with Crippen LogP contribution in [-0.4, -0.2) is 29.7 Å². The summed E-state index contributed by atoms with van der Waals surface area (Å²) >= 11 is 0. The average Bonchev–Trinajstić information content (AvgIpc) is 2.19. The summed E-state index contributed by atoms with van der Waals surface area (Å²) in [5.41, 5.74) is 0.998. The van der Waals surface area contributed by atoms with Gasteiger partial charge in [-0.2, -0.15) is 0 Å². The standard InChI is InChI=1S/C9H13N3O/c1-7-2-3-11-9(12-7)8-6-13-5-4-10-8/h2-3,8,10H,4-6H2,1H3. The first-order valence-corrected chi connectivity index (χ1v) is 4.47. The monoisotopic (exact) mass is 179 g/mol. The number of aryl methyl sites for hydroxylation is 1. The predicted octanol–water partition coefficient (Wildman–Crippen LogP) is 0.446. The van der Waals surface area contributed by atoms with E-state index >= 15 is 0 Å². The second-order valence-corrected chi connectivity index (χ2v) is 3.14. The predicted molar refractivity (Wildman–Crippen MR) is 48.3 cm³/mol. The van der Waals surface area contributed by atoms with Crippen LogP contribution in [0.5, 0.6) is 0 Å². The zero-order chi connectivity index (χ0) is 9.10. The van der Waals surface area contributed by atoms with E-state index in [1.165, 1.54) is 0 Å². The second-order valence-electron chi connectivity index (χ2n) is 3.14. The molecule has 1 aromatic rings. The van der Waals surface area contributed by atoms with Crippen molar-refractivity contribution in [1.29, 1.82) is 0 Å². The SMILES string of the molecule is Cc1ccnc(C2COCCN2)n1. The largest absolute Gasteiger partial charge is 0.378 e. The Morgan fingerprint density at radius 2 is 2.54 bits per heavy atom. The lowest BCUT2D eigenvalue weighted by Gasteiger charge is -2.22. The third-order valence-electron chi connectivity index (χ3n) is 2.05. The molecule has 1 N–H and O–H groups in total. The Morgan fingerprint density at radius 3 is 3.23 bits per heavy atom. The van der Waals surface area contributed by atoms with E-state index in [1.807, 2.05) is 13.0 Å². The van der Waals surface area contributed by atoms with E-state index in [4.69, 9.17) is 4.74 Å². The highest BCUT2D eigenvalue weighted by Gasteiger charge is 2.17. The number of morpholine rings is 1. The minimum atomic E-state index is 0.161. The van der Waals surface area contributed by atoms with Crippen LogP contribution < -0.4 is 5.32 Å². The molecule has 1 aromatic heterocycles. The van der Waals surface area contributed by atoms with Crippen LogP contribution in [0.4, 0.5) is 0 Å². The molecule has 0 bridgehead atoms. The van der Waals surface area contributed by atoms with Gasteiger partial charge in [0, 0.05) is 18.4 Å². The number of aromatic nitrogens is 2. The van der Waals surface area contributed by atoms with E-state index in [0.29, 0.717) is 6.61 Å². The zero-order valence-electron chi connectivity index (χ0n) is 7.66. The fraction of sp³-hybridized carbons (Fsp3) is 0.556. The summed E-state index contributed by atoms with van der Waals surface area (Å²) < 4.78 is 5.33. The number of hydrogen-bond acceptors (Lipinski definition) is 4. The molecule has 13 heavy (non-hydrogen) atoms. The van der Waals surface area contributed by atoms with Crippen LogP contribution in [-0.2, 0) is 4.74 Å². The molecule has 1 aliphatic heterocycles. The van der Waals surface area contributed by atoms with Gasteiger partial charge in [-0.15, -0.1) is 0 Å². The Morgan fingerprint density at radius 1 is 1.62 bits per heavy atom. The summed E-state index contributed by atoms with van der Waals surface area (Å²) in [6, 6.07) is 2.06. The lowest BCUT2D eigenvalue weighted by Crippen LogP contribution is -2.35. The molecule has 1 fully saturated rings.